The Morgan fingerprint density at radius 2 is 1.92 bits per heavy atom. The highest BCUT2D eigenvalue weighted by Crippen LogP contribution is 2.28. The lowest BCUT2D eigenvalue weighted by atomic mass is 9.95. The topological polar surface area (TPSA) is 84.5 Å². The highest BCUT2D eigenvalue weighted by atomic mass is 35.5. The summed E-state index contributed by atoms with van der Waals surface area (Å²) in [6.45, 7) is 6.39. The van der Waals surface area contributed by atoms with Crippen LogP contribution in [0.25, 0.3) is 0 Å². The molecule has 8 heteroatoms. The molecule has 200 valence electrons. The molecule has 2 aromatic rings. The summed E-state index contributed by atoms with van der Waals surface area (Å²) in [4.78, 5) is 35.1. The summed E-state index contributed by atoms with van der Waals surface area (Å²) >= 11 is 6.32. The Bertz CT molecular complexity index is 1100. The van der Waals surface area contributed by atoms with Gasteiger partial charge in [-0.25, -0.2) is 4.98 Å². The van der Waals surface area contributed by atoms with Gasteiger partial charge in [-0.2, -0.15) is 0 Å². The largest absolute Gasteiger partial charge is 0.330 e. The summed E-state index contributed by atoms with van der Waals surface area (Å²) < 4.78 is 1.95. The average Bonchev–Trinajstić information content (AvgIpc) is 3.55. The highest BCUT2D eigenvalue weighted by Gasteiger charge is 2.28. The number of ketones is 1. The van der Waals surface area contributed by atoms with E-state index in [1.165, 1.54) is 32.1 Å². The van der Waals surface area contributed by atoms with Crippen LogP contribution in [0.4, 0.5) is 0 Å². The Hall–Kier alpha value is -2.48. The molecule has 0 spiro atoms. The Morgan fingerprint density at radius 3 is 2.73 bits per heavy atom. The third kappa shape index (κ3) is 6.89. The summed E-state index contributed by atoms with van der Waals surface area (Å²) in [5.74, 6) is 0.393. The monoisotopic (exact) mass is 525 g/mol. The predicted octanol–water partition coefficient (Wildman–Crippen LogP) is 4.79. The molecule has 1 aromatic carbocycles. The lowest BCUT2D eigenvalue weighted by Crippen LogP contribution is -2.38. The first-order valence-electron chi connectivity index (χ1n) is 13.7. The van der Waals surface area contributed by atoms with Crippen LogP contribution in [0.2, 0.25) is 5.02 Å². The predicted molar refractivity (Wildman–Crippen MR) is 148 cm³/mol. The fourth-order valence-corrected chi connectivity index (χ4v) is 5.77. The maximum atomic E-state index is 13.2. The number of unbranched alkanes of at least 4 members (excludes halogenated alkanes) is 4. The van der Waals surface area contributed by atoms with Crippen LogP contribution in [0.3, 0.4) is 0 Å². The molecule has 0 aliphatic carbocycles. The molecule has 2 aliphatic rings. The highest BCUT2D eigenvalue weighted by molar-refractivity contribution is 6.31. The van der Waals surface area contributed by atoms with E-state index in [0.29, 0.717) is 36.4 Å². The first-order valence-corrected chi connectivity index (χ1v) is 14.1. The number of benzene rings is 1. The molecular formula is C29H40ClN5O2. The molecule has 7 nitrogen and oxygen atoms in total. The molecule has 1 amide bonds. The zero-order chi connectivity index (χ0) is 26.2. The van der Waals surface area contributed by atoms with Crippen molar-refractivity contribution < 1.29 is 9.59 Å². The third-order valence-corrected chi connectivity index (χ3v) is 8.06. The minimum absolute atomic E-state index is 0.00720. The van der Waals surface area contributed by atoms with Crippen LogP contribution in [0.1, 0.15) is 79.7 Å². The molecule has 2 aliphatic heterocycles. The molecule has 1 saturated heterocycles. The normalized spacial score (nSPS) is 18.9. The fourth-order valence-electron chi connectivity index (χ4n) is 5.47. The van der Waals surface area contributed by atoms with Gasteiger partial charge in [-0.05, 0) is 56.9 Å². The van der Waals surface area contributed by atoms with Gasteiger partial charge in [0.2, 0.25) is 5.91 Å². The smallest absolute Gasteiger partial charge is 0.246 e. The van der Waals surface area contributed by atoms with E-state index in [4.69, 9.17) is 17.3 Å². The number of rotatable bonds is 12. The van der Waals surface area contributed by atoms with Crippen LogP contribution in [0.5, 0.6) is 0 Å². The van der Waals surface area contributed by atoms with E-state index >= 15 is 0 Å². The minimum Gasteiger partial charge on any atom is -0.330 e. The van der Waals surface area contributed by atoms with Gasteiger partial charge in [-0.1, -0.05) is 62.1 Å². The lowest BCUT2D eigenvalue weighted by Gasteiger charge is -2.28. The summed E-state index contributed by atoms with van der Waals surface area (Å²) in [6.07, 6.45) is 13.8. The van der Waals surface area contributed by atoms with Crippen molar-refractivity contribution >= 4 is 23.3 Å². The quantitative estimate of drug-likeness (QED) is 0.244. The van der Waals surface area contributed by atoms with Crippen LogP contribution in [-0.2, 0) is 17.9 Å². The number of hydrogen-bond acceptors (Lipinski definition) is 5. The van der Waals surface area contributed by atoms with Crippen molar-refractivity contribution in [3.05, 3.63) is 64.7 Å². The number of aromatic nitrogens is 2. The number of nitrogens with zero attached hydrogens (tertiary/aromatic N) is 4. The first-order chi connectivity index (χ1) is 18.0. The van der Waals surface area contributed by atoms with E-state index in [0.717, 1.165) is 43.9 Å². The fraction of sp³-hybridized carbons (Fsp3) is 0.552. The third-order valence-electron chi connectivity index (χ3n) is 7.72. The van der Waals surface area contributed by atoms with Gasteiger partial charge in [0.15, 0.2) is 5.78 Å². The molecule has 2 atom stereocenters. The molecule has 37 heavy (non-hydrogen) atoms. The van der Waals surface area contributed by atoms with Crippen molar-refractivity contribution in [3.8, 4) is 0 Å². The van der Waals surface area contributed by atoms with Crippen LogP contribution in [-0.4, -0.2) is 63.3 Å². The zero-order valence-corrected chi connectivity index (χ0v) is 22.7. The number of hydrogen-bond donors (Lipinski definition) is 1. The van der Waals surface area contributed by atoms with E-state index in [2.05, 4.69) is 16.0 Å². The molecule has 4 rings (SSSR count). The Labute approximate surface area is 225 Å². The van der Waals surface area contributed by atoms with Crippen LogP contribution >= 0.6 is 11.6 Å². The van der Waals surface area contributed by atoms with Crippen LogP contribution in [0, 0.1) is 0 Å². The van der Waals surface area contributed by atoms with Crippen LogP contribution in [0.15, 0.2) is 42.6 Å². The van der Waals surface area contributed by atoms with E-state index < -0.39 is 0 Å². The maximum absolute atomic E-state index is 13.2. The Morgan fingerprint density at radius 1 is 1.14 bits per heavy atom. The summed E-state index contributed by atoms with van der Waals surface area (Å²) in [6, 6.07) is 7.79. The second-order valence-corrected chi connectivity index (χ2v) is 10.6. The standard InChI is InChI=1S/C29H40ClN5O2/c1-22(24-11-5-6-12-25(24)30)29(37)26-20-32-27-21-34(18-19-35(26)27)28(36)14-13-23-10-9-17-33(23)16-8-4-2-3-7-15-31/h5-6,11-14,20,22-23H,2-4,7-10,15-19,21,31H2,1H3/b14-13+. The van der Waals surface area contributed by atoms with Gasteiger partial charge in [0.05, 0.1) is 12.7 Å². The van der Waals surface area contributed by atoms with Crippen molar-refractivity contribution in [2.24, 2.45) is 5.73 Å². The van der Waals surface area contributed by atoms with Crippen LogP contribution < -0.4 is 5.73 Å². The molecule has 0 bridgehead atoms. The van der Waals surface area contributed by atoms with Gasteiger partial charge in [-0.3, -0.25) is 14.5 Å². The molecule has 0 radical (unpaired) electrons. The molecule has 3 heterocycles. The number of imidazole rings is 1. The Balaban J connectivity index is 1.30. The van der Waals surface area contributed by atoms with Gasteiger partial charge in [0.1, 0.15) is 11.5 Å². The number of carbonyl (C=O) groups is 2. The van der Waals surface area contributed by atoms with Gasteiger partial charge < -0.3 is 15.2 Å². The number of fused-ring (bicyclic) bond motifs is 1. The SMILES string of the molecule is CC(C(=O)c1cnc2n1CCN(C(=O)/C=C/C1CCCN1CCCCCCCN)C2)c1ccccc1Cl. The second kappa shape index (κ2) is 13.4. The molecule has 1 fully saturated rings. The van der Waals surface area contributed by atoms with Crippen molar-refractivity contribution in [2.45, 2.75) is 76.9 Å². The first kappa shape index (κ1) is 27.6. The van der Waals surface area contributed by atoms with Crippen molar-refractivity contribution in [2.75, 3.05) is 26.2 Å². The number of nitrogens with two attached hydrogens (primary N) is 1. The molecule has 2 unspecified atom stereocenters. The van der Waals surface area contributed by atoms with Crippen molar-refractivity contribution in [1.82, 2.24) is 19.4 Å². The van der Waals surface area contributed by atoms with Gasteiger partial charge in [0.25, 0.3) is 0 Å². The number of likely N-dealkylation sites (tertiary alicyclic amines) is 1. The number of Topliss-reactive ketones (excluding diaryl/α,β-unsaturated/α-hetero) is 1. The summed E-state index contributed by atoms with van der Waals surface area (Å²) in [5, 5.41) is 0.591. The Kier molecular flexibility index (Phi) is 9.95. The second-order valence-electron chi connectivity index (χ2n) is 10.2. The average molecular weight is 526 g/mol. The molecule has 2 N–H and O–H groups in total. The van der Waals surface area contributed by atoms with Gasteiger partial charge in [0, 0.05) is 36.1 Å². The van der Waals surface area contributed by atoms with Crippen molar-refractivity contribution in [3.63, 3.8) is 0 Å². The van der Waals surface area contributed by atoms with Gasteiger partial charge >= 0.3 is 0 Å². The van der Waals surface area contributed by atoms with E-state index in [1.54, 1.807) is 18.3 Å². The van der Waals surface area contributed by atoms with E-state index in [-0.39, 0.29) is 17.6 Å². The number of halogens is 1. The van der Waals surface area contributed by atoms with Crippen molar-refractivity contribution in [1.29, 1.82) is 0 Å². The molecular weight excluding hydrogens is 486 g/mol. The maximum Gasteiger partial charge on any atom is 0.246 e. The zero-order valence-electron chi connectivity index (χ0n) is 21.9. The summed E-state index contributed by atoms with van der Waals surface area (Å²) in [7, 11) is 0. The number of carbonyl (C=O) groups excluding carboxylic acids is 2. The minimum atomic E-state index is -0.364. The van der Waals surface area contributed by atoms with Gasteiger partial charge in [-0.15, -0.1) is 0 Å². The lowest BCUT2D eigenvalue weighted by molar-refractivity contribution is -0.127. The number of amides is 1. The van der Waals surface area contributed by atoms with E-state index in [1.807, 2.05) is 34.6 Å². The molecule has 1 aromatic heterocycles. The van der Waals surface area contributed by atoms with E-state index in [9.17, 15) is 9.59 Å². The molecule has 0 saturated carbocycles. The summed E-state index contributed by atoms with van der Waals surface area (Å²) in [5.41, 5.74) is 6.97.